The minimum atomic E-state index is -3.55. The quantitative estimate of drug-likeness (QED) is 0.580. The molecule has 1 aliphatic rings. The number of halogens is 2. The summed E-state index contributed by atoms with van der Waals surface area (Å²) in [5.41, 5.74) is 0. The average molecular weight is 488 g/mol. The van der Waals surface area contributed by atoms with Crippen molar-refractivity contribution >= 4 is 28.3 Å². The van der Waals surface area contributed by atoms with Gasteiger partial charge in [0.2, 0.25) is 10.0 Å². The molecule has 0 unspecified atom stereocenters. The zero-order valence-corrected chi connectivity index (χ0v) is 19.3. The number of hydrogen-bond acceptors (Lipinski definition) is 6. The second-order valence-electron chi connectivity index (χ2n) is 6.99. The molecule has 1 fully saturated rings. The molecule has 11 heteroatoms. The van der Waals surface area contributed by atoms with Crippen molar-refractivity contribution in [1.82, 2.24) is 14.5 Å². The summed E-state index contributed by atoms with van der Waals surface area (Å²) in [7, 11) is -2.02. The molecule has 0 radical (unpaired) electrons. The first kappa shape index (κ1) is 25.9. The normalized spacial score (nSPS) is 14.9. The highest BCUT2D eigenvalue weighted by Gasteiger charge is 2.28. The molecule has 2 aromatic carbocycles. The van der Waals surface area contributed by atoms with Crippen LogP contribution in [0.25, 0.3) is 0 Å². The minimum absolute atomic E-state index is 0. The summed E-state index contributed by atoms with van der Waals surface area (Å²) in [6.45, 7) is 2.59. The SMILES string of the molecule is COc1ccc(S(=O)(=O)N2CCN(CCNC(=O)COc3ccccc3F)CC2)cc1.Cl. The number of nitrogens with zero attached hydrogens (tertiary/aromatic N) is 2. The third-order valence-corrected chi connectivity index (χ3v) is 6.89. The number of piperazine rings is 1. The second kappa shape index (κ2) is 12.0. The fourth-order valence-corrected chi connectivity index (χ4v) is 4.62. The Balaban J connectivity index is 0.00000363. The minimum Gasteiger partial charge on any atom is -0.497 e. The fraction of sp³-hybridized carbons (Fsp3) is 0.381. The van der Waals surface area contributed by atoms with E-state index in [9.17, 15) is 17.6 Å². The molecule has 1 heterocycles. The maximum atomic E-state index is 13.5. The first-order valence-electron chi connectivity index (χ1n) is 9.91. The Hall–Kier alpha value is -2.40. The first-order valence-corrected chi connectivity index (χ1v) is 11.3. The van der Waals surface area contributed by atoms with Crippen LogP contribution in [0.1, 0.15) is 0 Å². The summed E-state index contributed by atoms with van der Waals surface area (Å²) < 4.78 is 50.7. The molecule has 1 aliphatic heterocycles. The summed E-state index contributed by atoms with van der Waals surface area (Å²) >= 11 is 0. The number of amides is 1. The maximum Gasteiger partial charge on any atom is 0.257 e. The Labute approximate surface area is 193 Å². The van der Waals surface area contributed by atoms with Gasteiger partial charge in [-0.15, -0.1) is 12.4 Å². The van der Waals surface area contributed by atoms with Crippen molar-refractivity contribution < 1.29 is 27.1 Å². The summed E-state index contributed by atoms with van der Waals surface area (Å²) in [6.07, 6.45) is 0. The standard InChI is InChI=1S/C21H26FN3O5S.ClH/c1-29-17-6-8-18(9-7-17)31(27,28)25-14-12-24(13-15-25)11-10-23-21(26)16-30-20-5-3-2-4-19(20)22;/h2-9H,10-16H2,1H3,(H,23,26);1H. The van der Waals surface area contributed by atoms with Crippen molar-refractivity contribution in [1.29, 1.82) is 0 Å². The van der Waals surface area contributed by atoms with E-state index >= 15 is 0 Å². The molecule has 176 valence electrons. The van der Waals surface area contributed by atoms with Gasteiger partial charge in [0.15, 0.2) is 18.2 Å². The molecule has 0 atom stereocenters. The predicted octanol–water partition coefficient (Wildman–Crippen LogP) is 1.76. The number of nitrogens with one attached hydrogen (secondary N) is 1. The van der Waals surface area contributed by atoms with Gasteiger partial charge in [-0.3, -0.25) is 9.69 Å². The van der Waals surface area contributed by atoms with Crippen LogP contribution in [-0.2, 0) is 14.8 Å². The molecule has 3 rings (SSSR count). The van der Waals surface area contributed by atoms with Gasteiger partial charge in [0.05, 0.1) is 12.0 Å². The van der Waals surface area contributed by atoms with Crippen molar-refractivity contribution in [3.63, 3.8) is 0 Å². The predicted molar refractivity (Wildman–Crippen MR) is 120 cm³/mol. The van der Waals surface area contributed by atoms with Gasteiger partial charge in [-0.05, 0) is 36.4 Å². The van der Waals surface area contributed by atoms with Gasteiger partial charge >= 0.3 is 0 Å². The zero-order chi connectivity index (χ0) is 22.3. The van der Waals surface area contributed by atoms with Crippen molar-refractivity contribution in [2.75, 3.05) is 53.0 Å². The van der Waals surface area contributed by atoms with Gasteiger partial charge in [0.25, 0.3) is 5.91 Å². The van der Waals surface area contributed by atoms with Crippen molar-refractivity contribution in [3.8, 4) is 11.5 Å². The highest BCUT2D eigenvalue weighted by Crippen LogP contribution is 2.20. The maximum absolute atomic E-state index is 13.5. The fourth-order valence-electron chi connectivity index (χ4n) is 3.20. The van der Waals surface area contributed by atoms with Crippen LogP contribution in [0.2, 0.25) is 0 Å². The van der Waals surface area contributed by atoms with E-state index in [1.165, 1.54) is 23.5 Å². The molecule has 2 aromatic rings. The van der Waals surface area contributed by atoms with Crippen molar-refractivity contribution in [3.05, 3.63) is 54.3 Å². The van der Waals surface area contributed by atoms with Gasteiger partial charge in [-0.2, -0.15) is 4.31 Å². The van der Waals surface area contributed by atoms with Crippen LogP contribution in [0.3, 0.4) is 0 Å². The lowest BCUT2D eigenvalue weighted by atomic mass is 10.3. The Kier molecular flexibility index (Phi) is 9.70. The topological polar surface area (TPSA) is 88.2 Å². The molecular weight excluding hydrogens is 461 g/mol. The number of para-hydroxylation sites is 1. The largest absolute Gasteiger partial charge is 0.497 e. The smallest absolute Gasteiger partial charge is 0.257 e. The van der Waals surface area contributed by atoms with E-state index in [-0.39, 0.29) is 35.6 Å². The molecular formula is C21H27ClFN3O5S. The summed E-state index contributed by atoms with van der Waals surface area (Å²) in [5, 5.41) is 2.73. The summed E-state index contributed by atoms with van der Waals surface area (Å²) in [5.74, 6) is -0.223. The molecule has 0 spiro atoms. The van der Waals surface area contributed by atoms with E-state index in [0.29, 0.717) is 45.0 Å². The molecule has 0 aliphatic carbocycles. The van der Waals surface area contributed by atoms with E-state index in [1.807, 2.05) is 0 Å². The highest BCUT2D eigenvalue weighted by atomic mass is 35.5. The molecule has 8 nitrogen and oxygen atoms in total. The van der Waals surface area contributed by atoms with E-state index in [2.05, 4.69) is 10.2 Å². The number of methoxy groups -OCH3 is 1. The molecule has 1 amide bonds. The van der Waals surface area contributed by atoms with Gasteiger partial charge in [0, 0.05) is 39.3 Å². The van der Waals surface area contributed by atoms with Gasteiger partial charge in [-0.25, -0.2) is 12.8 Å². The van der Waals surface area contributed by atoms with Gasteiger partial charge < -0.3 is 14.8 Å². The number of hydrogen-bond donors (Lipinski definition) is 1. The van der Waals surface area contributed by atoms with Crippen LogP contribution in [0.15, 0.2) is 53.4 Å². The number of sulfonamides is 1. The number of carbonyl (C=O) groups is 1. The Bertz CT molecular complexity index is 983. The molecule has 0 bridgehead atoms. The molecule has 0 saturated carbocycles. The summed E-state index contributed by atoms with van der Waals surface area (Å²) in [4.78, 5) is 14.2. The van der Waals surface area contributed by atoms with E-state index in [1.54, 1.807) is 36.4 Å². The monoisotopic (exact) mass is 487 g/mol. The van der Waals surface area contributed by atoms with Crippen LogP contribution >= 0.6 is 12.4 Å². The third-order valence-electron chi connectivity index (χ3n) is 4.97. The summed E-state index contributed by atoms with van der Waals surface area (Å²) in [6, 6.07) is 12.2. The van der Waals surface area contributed by atoms with E-state index < -0.39 is 15.8 Å². The second-order valence-corrected chi connectivity index (χ2v) is 8.93. The number of ether oxygens (including phenoxy) is 2. The third kappa shape index (κ3) is 6.80. The van der Waals surface area contributed by atoms with Crippen LogP contribution in [0, 0.1) is 5.82 Å². The lowest BCUT2D eigenvalue weighted by Crippen LogP contribution is -2.50. The molecule has 32 heavy (non-hydrogen) atoms. The van der Waals surface area contributed by atoms with Crippen LogP contribution in [-0.4, -0.2) is 76.5 Å². The molecule has 0 aromatic heterocycles. The van der Waals surface area contributed by atoms with Crippen molar-refractivity contribution in [2.24, 2.45) is 0 Å². The average Bonchev–Trinajstić information content (AvgIpc) is 2.79. The van der Waals surface area contributed by atoms with E-state index in [4.69, 9.17) is 9.47 Å². The zero-order valence-electron chi connectivity index (χ0n) is 17.7. The Morgan fingerprint density at radius 1 is 1.06 bits per heavy atom. The van der Waals surface area contributed by atoms with Crippen LogP contribution < -0.4 is 14.8 Å². The van der Waals surface area contributed by atoms with E-state index in [0.717, 1.165) is 0 Å². The highest BCUT2D eigenvalue weighted by molar-refractivity contribution is 7.89. The first-order chi connectivity index (χ1) is 14.9. The number of carbonyl (C=O) groups excluding carboxylic acids is 1. The van der Waals surface area contributed by atoms with Crippen LogP contribution in [0.5, 0.6) is 11.5 Å². The number of benzene rings is 2. The Morgan fingerprint density at radius 2 is 1.72 bits per heavy atom. The Morgan fingerprint density at radius 3 is 2.34 bits per heavy atom. The lowest BCUT2D eigenvalue weighted by molar-refractivity contribution is -0.123. The van der Waals surface area contributed by atoms with Crippen molar-refractivity contribution in [2.45, 2.75) is 4.90 Å². The van der Waals surface area contributed by atoms with Gasteiger partial charge in [0.1, 0.15) is 5.75 Å². The van der Waals surface area contributed by atoms with Gasteiger partial charge in [-0.1, -0.05) is 12.1 Å². The number of rotatable bonds is 9. The molecule has 1 N–H and O–H groups in total. The lowest BCUT2D eigenvalue weighted by Gasteiger charge is -2.34. The molecule has 1 saturated heterocycles. The van der Waals surface area contributed by atoms with Crippen LogP contribution in [0.4, 0.5) is 4.39 Å².